The molecular formula is C20H27ClN2O2. The van der Waals surface area contributed by atoms with Gasteiger partial charge in [0.05, 0.1) is 6.04 Å². The number of piperidine rings is 1. The molecule has 2 aliphatic rings. The van der Waals surface area contributed by atoms with Gasteiger partial charge < -0.3 is 9.64 Å². The first-order valence-corrected chi connectivity index (χ1v) is 9.46. The van der Waals surface area contributed by atoms with Crippen LogP contribution in [0.25, 0.3) is 0 Å². The second kappa shape index (κ2) is 7.36. The van der Waals surface area contributed by atoms with Gasteiger partial charge in [0.15, 0.2) is 0 Å². The fourth-order valence-corrected chi connectivity index (χ4v) is 3.97. The van der Waals surface area contributed by atoms with Crippen LogP contribution in [0.4, 0.5) is 4.79 Å². The summed E-state index contributed by atoms with van der Waals surface area (Å²) in [5, 5.41) is 0.736. The van der Waals surface area contributed by atoms with Crippen LogP contribution in [0.1, 0.15) is 45.6 Å². The summed E-state index contributed by atoms with van der Waals surface area (Å²) in [6.45, 7) is 7.22. The number of likely N-dealkylation sites (tertiary alicyclic amines) is 1. The van der Waals surface area contributed by atoms with Gasteiger partial charge >= 0.3 is 6.09 Å². The smallest absolute Gasteiger partial charge is 0.410 e. The Morgan fingerprint density at radius 2 is 1.80 bits per heavy atom. The predicted octanol–water partition coefficient (Wildman–Crippen LogP) is 4.79. The molecule has 0 N–H and O–H groups in total. The van der Waals surface area contributed by atoms with E-state index in [0.29, 0.717) is 17.9 Å². The maximum absolute atomic E-state index is 12.4. The highest BCUT2D eigenvalue weighted by Crippen LogP contribution is 2.37. The van der Waals surface area contributed by atoms with Gasteiger partial charge in [-0.1, -0.05) is 30.2 Å². The lowest BCUT2D eigenvalue weighted by atomic mass is 9.74. The van der Waals surface area contributed by atoms with Crippen molar-refractivity contribution in [1.29, 1.82) is 0 Å². The van der Waals surface area contributed by atoms with E-state index in [1.807, 2.05) is 56.2 Å². The molecule has 2 fully saturated rings. The van der Waals surface area contributed by atoms with Crippen LogP contribution in [0, 0.1) is 11.8 Å². The SMILES string of the molecule is CC(C)(C)OC(=O)N1CC2CCCC(C1)C2N=Cc1ccc(Cl)cc1. The zero-order valence-corrected chi connectivity index (χ0v) is 16.0. The third kappa shape index (κ3) is 4.75. The van der Waals surface area contributed by atoms with Crippen LogP contribution in [-0.2, 0) is 4.74 Å². The van der Waals surface area contributed by atoms with Crippen LogP contribution >= 0.6 is 11.6 Å². The number of benzene rings is 1. The van der Waals surface area contributed by atoms with E-state index in [9.17, 15) is 4.79 Å². The molecule has 1 amide bonds. The van der Waals surface area contributed by atoms with E-state index in [2.05, 4.69) is 0 Å². The second-order valence-corrected chi connectivity index (χ2v) is 8.59. The number of halogens is 1. The van der Waals surface area contributed by atoms with E-state index in [0.717, 1.165) is 36.5 Å². The van der Waals surface area contributed by atoms with Gasteiger partial charge in [0, 0.05) is 24.3 Å². The van der Waals surface area contributed by atoms with Gasteiger partial charge in [0.1, 0.15) is 5.60 Å². The number of hydrogen-bond donors (Lipinski definition) is 0. The normalized spacial score (nSPS) is 26.7. The molecule has 2 bridgehead atoms. The Bertz CT molecular complexity index is 622. The molecule has 2 atom stereocenters. The lowest BCUT2D eigenvalue weighted by Gasteiger charge is -2.45. The standard InChI is InChI=1S/C20H27ClN2O2/c1-20(2,3)25-19(24)23-12-15-5-4-6-16(13-23)18(15)22-11-14-7-9-17(21)10-8-14/h7-11,15-16,18H,4-6,12-13H2,1-3H3. The van der Waals surface area contributed by atoms with Crippen molar-refractivity contribution in [2.24, 2.45) is 16.8 Å². The lowest BCUT2D eigenvalue weighted by Crippen LogP contribution is -2.53. The summed E-state index contributed by atoms with van der Waals surface area (Å²) in [5.41, 5.74) is 0.618. The molecule has 0 spiro atoms. The van der Waals surface area contributed by atoms with Crippen LogP contribution in [0.5, 0.6) is 0 Å². The Balaban J connectivity index is 1.67. The van der Waals surface area contributed by atoms with Gasteiger partial charge in [0.2, 0.25) is 0 Å². The molecule has 0 aromatic heterocycles. The highest BCUT2D eigenvalue weighted by atomic mass is 35.5. The van der Waals surface area contributed by atoms with Crippen molar-refractivity contribution in [3.63, 3.8) is 0 Å². The van der Waals surface area contributed by atoms with Crippen LogP contribution < -0.4 is 0 Å². The molecule has 1 aromatic rings. The van der Waals surface area contributed by atoms with E-state index in [1.54, 1.807) is 0 Å². The molecule has 1 saturated heterocycles. The minimum atomic E-state index is -0.449. The zero-order chi connectivity index (χ0) is 18.0. The summed E-state index contributed by atoms with van der Waals surface area (Å²) in [5.74, 6) is 0.840. The van der Waals surface area contributed by atoms with Gasteiger partial charge in [-0.05, 0) is 63.1 Å². The molecule has 0 radical (unpaired) electrons. The number of ether oxygens (including phenoxy) is 1. The minimum absolute atomic E-state index is 0.190. The fourth-order valence-electron chi connectivity index (χ4n) is 3.85. The Labute approximate surface area is 155 Å². The maximum atomic E-state index is 12.4. The largest absolute Gasteiger partial charge is 0.444 e. The molecule has 1 aliphatic carbocycles. The van der Waals surface area contributed by atoms with Crippen molar-refractivity contribution in [3.8, 4) is 0 Å². The highest BCUT2D eigenvalue weighted by Gasteiger charge is 2.41. The quantitative estimate of drug-likeness (QED) is 0.709. The minimum Gasteiger partial charge on any atom is -0.444 e. The maximum Gasteiger partial charge on any atom is 0.410 e. The van der Waals surface area contributed by atoms with E-state index >= 15 is 0 Å². The van der Waals surface area contributed by atoms with E-state index in [-0.39, 0.29) is 6.09 Å². The van der Waals surface area contributed by atoms with E-state index < -0.39 is 5.60 Å². The van der Waals surface area contributed by atoms with Crippen LogP contribution in [0.15, 0.2) is 29.3 Å². The molecule has 25 heavy (non-hydrogen) atoms. The molecule has 5 heteroatoms. The molecule has 3 rings (SSSR count). The first-order chi connectivity index (χ1) is 11.8. The summed E-state index contributed by atoms with van der Waals surface area (Å²) < 4.78 is 5.55. The highest BCUT2D eigenvalue weighted by molar-refractivity contribution is 6.30. The molecule has 1 aliphatic heterocycles. The number of rotatable bonds is 2. The number of amides is 1. The molecule has 4 nitrogen and oxygen atoms in total. The number of fused-ring (bicyclic) bond motifs is 2. The van der Waals surface area contributed by atoms with Crippen molar-refractivity contribution in [3.05, 3.63) is 34.9 Å². The summed E-state index contributed by atoms with van der Waals surface area (Å²) in [7, 11) is 0. The van der Waals surface area contributed by atoms with Crippen LogP contribution in [-0.4, -0.2) is 41.9 Å². The number of nitrogens with zero attached hydrogens (tertiary/aromatic N) is 2. The fraction of sp³-hybridized carbons (Fsp3) is 0.600. The third-order valence-corrected chi connectivity index (χ3v) is 5.20. The molecule has 1 saturated carbocycles. The predicted molar refractivity (Wildman–Crippen MR) is 101 cm³/mol. The monoisotopic (exact) mass is 362 g/mol. The van der Waals surface area contributed by atoms with Crippen molar-refractivity contribution in [1.82, 2.24) is 4.90 Å². The molecule has 2 unspecified atom stereocenters. The zero-order valence-electron chi connectivity index (χ0n) is 15.2. The van der Waals surface area contributed by atoms with Crippen LogP contribution in [0.2, 0.25) is 5.02 Å². The average molecular weight is 363 g/mol. The van der Waals surface area contributed by atoms with Crippen molar-refractivity contribution >= 4 is 23.9 Å². The number of carbonyl (C=O) groups excluding carboxylic acids is 1. The first kappa shape index (κ1) is 18.2. The van der Waals surface area contributed by atoms with E-state index in [4.69, 9.17) is 21.3 Å². The molecule has 1 heterocycles. The van der Waals surface area contributed by atoms with E-state index in [1.165, 1.54) is 6.42 Å². The van der Waals surface area contributed by atoms with Gasteiger partial charge in [-0.2, -0.15) is 0 Å². The van der Waals surface area contributed by atoms with Crippen LogP contribution in [0.3, 0.4) is 0 Å². The Morgan fingerprint density at radius 1 is 1.20 bits per heavy atom. The van der Waals surface area contributed by atoms with Crippen molar-refractivity contribution < 1.29 is 9.53 Å². The summed E-state index contributed by atoms with van der Waals surface area (Å²) in [6, 6.07) is 8.03. The summed E-state index contributed by atoms with van der Waals surface area (Å²) in [4.78, 5) is 19.2. The number of hydrogen-bond acceptors (Lipinski definition) is 3. The van der Waals surface area contributed by atoms with Gasteiger partial charge in [-0.25, -0.2) is 4.79 Å². The second-order valence-electron chi connectivity index (χ2n) is 8.16. The van der Waals surface area contributed by atoms with Crippen molar-refractivity contribution in [2.45, 2.75) is 51.7 Å². The average Bonchev–Trinajstić information content (AvgIpc) is 2.52. The summed E-state index contributed by atoms with van der Waals surface area (Å²) >= 11 is 5.94. The van der Waals surface area contributed by atoms with Crippen molar-refractivity contribution in [2.75, 3.05) is 13.1 Å². The molecule has 1 aromatic carbocycles. The van der Waals surface area contributed by atoms with Gasteiger partial charge in [0.25, 0.3) is 0 Å². The van der Waals surface area contributed by atoms with Gasteiger partial charge in [-0.3, -0.25) is 4.99 Å². The number of carbonyl (C=O) groups is 1. The first-order valence-electron chi connectivity index (χ1n) is 9.08. The Hall–Kier alpha value is -1.55. The number of aliphatic imine (C=N–C) groups is 1. The van der Waals surface area contributed by atoms with Gasteiger partial charge in [-0.15, -0.1) is 0 Å². The molecular weight excluding hydrogens is 336 g/mol. The Kier molecular flexibility index (Phi) is 5.38. The third-order valence-electron chi connectivity index (χ3n) is 4.94. The summed E-state index contributed by atoms with van der Waals surface area (Å²) in [6.07, 6.45) is 5.24. The Morgan fingerprint density at radius 3 is 2.36 bits per heavy atom. The lowest BCUT2D eigenvalue weighted by molar-refractivity contribution is -0.00126. The topological polar surface area (TPSA) is 41.9 Å². The molecule has 136 valence electrons.